The van der Waals surface area contributed by atoms with Gasteiger partial charge in [0, 0.05) is 18.5 Å². The molecule has 1 amide bonds. The maximum atomic E-state index is 11.6. The first-order chi connectivity index (χ1) is 8.49. The van der Waals surface area contributed by atoms with Crippen molar-refractivity contribution in [3.05, 3.63) is 33.9 Å². The van der Waals surface area contributed by atoms with Crippen molar-refractivity contribution in [3.8, 4) is 6.07 Å². The lowest BCUT2D eigenvalue weighted by Gasteiger charge is -2.10. The summed E-state index contributed by atoms with van der Waals surface area (Å²) in [5.41, 5.74) is 5.24. The smallest absolute Gasteiger partial charge is 0.294 e. The van der Waals surface area contributed by atoms with Crippen molar-refractivity contribution in [1.29, 1.82) is 5.26 Å². The van der Waals surface area contributed by atoms with E-state index < -0.39 is 16.7 Å². The van der Waals surface area contributed by atoms with Crippen LogP contribution in [0.4, 0.5) is 11.4 Å². The molecule has 94 valence electrons. The fraction of sp³-hybridized carbons (Fsp3) is 0.273. The van der Waals surface area contributed by atoms with Crippen molar-refractivity contribution in [2.45, 2.75) is 6.92 Å². The fourth-order valence-corrected chi connectivity index (χ4v) is 1.22. The Morgan fingerprint density at radius 1 is 1.67 bits per heavy atom. The summed E-state index contributed by atoms with van der Waals surface area (Å²) in [6.45, 7) is 1.76. The molecule has 3 N–H and O–H groups in total. The van der Waals surface area contributed by atoms with Crippen molar-refractivity contribution in [2.24, 2.45) is 11.7 Å². The van der Waals surface area contributed by atoms with E-state index in [1.165, 1.54) is 12.1 Å². The molecular formula is C11H12N4O3. The number of rotatable bonds is 4. The van der Waals surface area contributed by atoms with E-state index in [-0.39, 0.29) is 23.5 Å². The zero-order chi connectivity index (χ0) is 13.7. The highest BCUT2D eigenvalue weighted by molar-refractivity contribution is 5.94. The van der Waals surface area contributed by atoms with E-state index in [1.807, 2.05) is 0 Å². The van der Waals surface area contributed by atoms with Crippen LogP contribution in [-0.2, 0) is 4.79 Å². The summed E-state index contributed by atoms with van der Waals surface area (Å²) in [6, 6.07) is 5.64. The van der Waals surface area contributed by atoms with Crippen molar-refractivity contribution in [2.75, 3.05) is 11.9 Å². The van der Waals surface area contributed by atoms with E-state index in [2.05, 4.69) is 5.32 Å². The lowest BCUT2D eigenvalue weighted by Crippen LogP contribution is -2.26. The second kappa shape index (κ2) is 5.75. The van der Waals surface area contributed by atoms with Crippen LogP contribution >= 0.6 is 0 Å². The zero-order valence-electron chi connectivity index (χ0n) is 9.71. The van der Waals surface area contributed by atoms with Crippen LogP contribution in [0.5, 0.6) is 0 Å². The number of carbonyl (C=O) groups is 1. The van der Waals surface area contributed by atoms with Crippen molar-refractivity contribution in [1.82, 2.24) is 0 Å². The molecule has 0 saturated heterocycles. The van der Waals surface area contributed by atoms with Gasteiger partial charge in [-0.05, 0) is 12.1 Å². The molecule has 0 heterocycles. The second-order valence-electron chi connectivity index (χ2n) is 3.73. The summed E-state index contributed by atoms with van der Waals surface area (Å²) >= 11 is 0. The monoisotopic (exact) mass is 248 g/mol. The first kappa shape index (κ1) is 13.6. The number of hydrogen-bond donors (Lipinski definition) is 2. The Balaban J connectivity index is 3.06. The SMILES string of the molecule is CC(CN)C(=O)Nc1ccc(C#N)cc1[N+](=O)[O-]. The lowest BCUT2D eigenvalue weighted by molar-refractivity contribution is -0.384. The van der Waals surface area contributed by atoms with E-state index >= 15 is 0 Å². The first-order valence-electron chi connectivity index (χ1n) is 5.19. The summed E-state index contributed by atoms with van der Waals surface area (Å²) in [5, 5.41) is 21.9. The molecule has 0 aliphatic heterocycles. The van der Waals surface area contributed by atoms with Crippen LogP contribution in [0.3, 0.4) is 0 Å². The number of nitro benzene ring substituents is 1. The minimum absolute atomic E-state index is 0.0595. The van der Waals surface area contributed by atoms with E-state index in [0.29, 0.717) is 0 Å². The number of benzene rings is 1. The van der Waals surface area contributed by atoms with Gasteiger partial charge in [-0.25, -0.2) is 0 Å². The van der Waals surface area contributed by atoms with Crippen LogP contribution in [0.15, 0.2) is 18.2 Å². The number of nitrogens with zero attached hydrogens (tertiary/aromatic N) is 2. The quantitative estimate of drug-likeness (QED) is 0.607. The van der Waals surface area contributed by atoms with Gasteiger partial charge in [0.05, 0.1) is 16.6 Å². The molecule has 0 aromatic heterocycles. The molecule has 1 aromatic rings. The largest absolute Gasteiger partial charge is 0.330 e. The van der Waals surface area contributed by atoms with Crippen LogP contribution in [0.1, 0.15) is 12.5 Å². The number of nitriles is 1. The standard InChI is InChI=1S/C11H12N4O3/c1-7(5-12)11(16)14-9-3-2-8(6-13)4-10(9)15(17)18/h2-4,7H,5,12H2,1H3,(H,14,16). The number of carbonyl (C=O) groups excluding carboxylic acids is 1. The molecule has 0 spiro atoms. The van der Waals surface area contributed by atoms with Gasteiger partial charge in [-0.15, -0.1) is 0 Å². The summed E-state index contributed by atoms with van der Waals surface area (Å²) in [6.07, 6.45) is 0. The fourth-order valence-electron chi connectivity index (χ4n) is 1.22. The molecule has 0 aliphatic carbocycles. The van der Waals surface area contributed by atoms with Crippen LogP contribution in [0, 0.1) is 27.4 Å². The van der Waals surface area contributed by atoms with Crippen molar-refractivity contribution < 1.29 is 9.72 Å². The average molecular weight is 248 g/mol. The highest BCUT2D eigenvalue weighted by Gasteiger charge is 2.19. The molecule has 1 rings (SSSR count). The number of hydrogen-bond acceptors (Lipinski definition) is 5. The van der Waals surface area contributed by atoms with Gasteiger partial charge in [0.15, 0.2) is 0 Å². The molecule has 7 nitrogen and oxygen atoms in total. The third-order valence-corrected chi connectivity index (χ3v) is 2.38. The van der Waals surface area contributed by atoms with E-state index in [9.17, 15) is 14.9 Å². The number of nitro groups is 1. The molecule has 1 unspecified atom stereocenters. The maximum Gasteiger partial charge on any atom is 0.294 e. The third kappa shape index (κ3) is 3.02. The van der Waals surface area contributed by atoms with Crippen LogP contribution in [0.25, 0.3) is 0 Å². The molecule has 18 heavy (non-hydrogen) atoms. The van der Waals surface area contributed by atoms with Crippen LogP contribution in [0.2, 0.25) is 0 Å². The number of nitrogens with one attached hydrogen (secondary N) is 1. The molecule has 7 heteroatoms. The minimum Gasteiger partial charge on any atom is -0.330 e. The van der Waals surface area contributed by atoms with E-state index in [1.54, 1.807) is 13.0 Å². The predicted molar refractivity (Wildman–Crippen MR) is 64.7 cm³/mol. The van der Waals surface area contributed by atoms with Crippen molar-refractivity contribution >= 4 is 17.3 Å². The summed E-state index contributed by atoms with van der Waals surface area (Å²) in [5.74, 6) is -0.842. The number of anilines is 1. The molecule has 0 bridgehead atoms. The molecule has 1 aromatic carbocycles. The topological polar surface area (TPSA) is 122 Å². The van der Waals surface area contributed by atoms with E-state index in [4.69, 9.17) is 11.0 Å². The highest BCUT2D eigenvalue weighted by atomic mass is 16.6. The van der Waals surface area contributed by atoms with E-state index in [0.717, 1.165) is 6.07 Å². The molecule has 0 aliphatic rings. The Kier molecular flexibility index (Phi) is 4.34. The minimum atomic E-state index is -0.649. The predicted octanol–water partition coefficient (Wildman–Crippen LogP) is 1.000. The average Bonchev–Trinajstić information content (AvgIpc) is 2.37. The molecule has 0 radical (unpaired) electrons. The van der Waals surface area contributed by atoms with Gasteiger partial charge in [-0.3, -0.25) is 14.9 Å². The summed E-state index contributed by atoms with van der Waals surface area (Å²) in [7, 11) is 0. The first-order valence-corrected chi connectivity index (χ1v) is 5.19. The van der Waals surface area contributed by atoms with Crippen LogP contribution < -0.4 is 11.1 Å². The normalized spacial score (nSPS) is 11.4. The highest BCUT2D eigenvalue weighted by Crippen LogP contribution is 2.25. The van der Waals surface area contributed by atoms with Gasteiger partial charge in [0.2, 0.25) is 5.91 Å². The third-order valence-electron chi connectivity index (χ3n) is 2.38. The lowest BCUT2D eigenvalue weighted by atomic mass is 10.1. The van der Waals surface area contributed by atoms with Gasteiger partial charge in [0.1, 0.15) is 5.69 Å². The molecule has 0 fully saturated rings. The zero-order valence-corrected chi connectivity index (χ0v) is 9.71. The Labute approximate surface area is 103 Å². The summed E-state index contributed by atoms with van der Waals surface area (Å²) < 4.78 is 0. The number of nitrogens with two attached hydrogens (primary N) is 1. The summed E-state index contributed by atoms with van der Waals surface area (Å²) in [4.78, 5) is 21.8. The Morgan fingerprint density at radius 3 is 2.83 bits per heavy atom. The van der Waals surface area contributed by atoms with Crippen molar-refractivity contribution in [3.63, 3.8) is 0 Å². The molecular weight excluding hydrogens is 236 g/mol. The molecule has 0 saturated carbocycles. The second-order valence-corrected chi connectivity index (χ2v) is 3.73. The number of amides is 1. The van der Waals surface area contributed by atoms with Crippen LogP contribution in [-0.4, -0.2) is 17.4 Å². The van der Waals surface area contributed by atoms with Gasteiger partial charge in [-0.1, -0.05) is 6.92 Å². The maximum absolute atomic E-state index is 11.6. The van der Waals surface area contributed by atoms with Gasteiger partial charge in [0.25, 0.3) is 5.69 Å². The van der Waals surface area contributed by atoms with Gasteiger partial charge >= 0.3 is 0 Å². The Morgan fingerprint density at radius 2 is 2.33 bits per heavy atom. The van der Waals surface area contributed by atoms with Gasteiger partial charge < -0.3 is 11.1 Å². The Hall–Kier alpha value is -2.46. The van der Waals surface area contributed by atoms with Gasteiger partial charge in [-0.2, -0.15) is 5.26 Å². The molecule has 1 atom stereocenters. The Bertz CT molecular complexity index is 522.